The third kappa shape index (κ3) is 2.27. The summed E-state index contributed by atoms with van der Waals surface area (Å²) < 4.78 is 0. The third-order valence-corrected chi connectivity index (χ3v) is 4.84. The van der Waals surface area contributed by atoms with Gasteiger partial charge in [-0.2, -0.15) is 11.8 Å². The van der Waals surface area contributed by atoms with Gasteiger partial charge in [0, 0.05) is 11.8 Å². The average molecular weight is 261 g/mol. The molecule has 4 heteroatoms. The van der Waals surface area contributed by atoms with Gasteiger partial charge < -0.3 is 4.98 Å². The van der Waals surface area contributed by atoms with Gasteiger partial charge in [-0.1, -0.05) is 12.1 Å². The van der Waals surface area contributed by atoms with Crippen LogP contribution in [0, 0.1) is 6.92 Å². The standard InChI is InChI=1S/C14H19N3S/c1-10-4-3-5-12-14(10)16-13(15-12)8-17(2)11-6-7-18-9-11/h3-5,11H,6-9H2,1-2H3,(H,15,16). The van der Waals surface area contributed by atoms with E-state index in [1.54, 1.807) is 0 Å². The number of hydrogen-bond acceptors (Lipinski definition) is 3. The number of aromatic amines is 1. The van der Waals surface area contributed by atoms with Crippen molar-refractivity contribution in [3.63, 3.8) is 0 Å². The molecule has 0 saturated carbocycles. The Morgan fingerprint density at radius 3 is 3.11 bits per heavy atom. The minimum Gasteiger partial charge on any atom is -0.341 e. The van der Waals surface area contributed by atoms with Crippen LogP contribution in [-0.2, 0) is 6.54 Å². The zero-order chi connectivity index (χ0) is 12.5. The van der Waals surface area contributed by atoms with Gasteiger partial charge in [0.05, 0.1) is 17.6 Å². The lowest BCUT2D eigenvalue weighted by molar-refractivity contribution is 0.249. The van der Waals surface area contributed by atoms with Crippen LogP contribution < -0.4 is 0 Å². The van der Waals surface area contributed by atoms with Crippen LogP contribution in [0.5, 0.6) is 0 Å². The van der Waals surface area contributed by atoms with Gasteiger partial charge in [0.2, 0.25) is 0 Å². The van der Waals surface area contributed by atoms with Crippen molar-refractivity contribution in [2.45, 2.75) is 25.9 Å². The molecule has 0 bridgehead atoms. The molecule has 2 heterocycles. The van der Waals surface area contributed by atoms with E-state index in [-0.39, 0.29) is 0 Å². The lowest BCUT2D eigenvalue weighted by Gasteiger charge is -2.21. The molecular formula is C14H19N3S. The third-order valence-electron chi connectivity index (χ3n) is 3.69. The largest absolute Gasteiger partial charge is 0.341 e. The predicted molar refractivity (Wildman–Crippen MR) is 78.0 cm³/mol. The topological polar surface area (TPSA) is 31.9 Å². The maximum atomic E-state index is 4.72. The van der Waals surface area contributed by atoms with Gasteiger partial charge in [0.25, 0.3) is 0 Å². The molecule has 0 radical (unpaired) electrons. The van der Waals surface area contributed by atoms with Crippen LogP contribution in [0.4, 0.5) is 0 Å². The number of nitrogens with one attached hydrogen (secondary N) is 1. The van der Waals surface area contributed by atoms with Crippen LogP contribution in [0.3, 0.4) is 0 Å². The Morgan fingerprint density at radius 2 is 2.39 bits per heavy atom. The Kier molecular flexibility index (Phi) is 3.31. The molecular weight excluding hydrogens is 242 g/mol. The van der Waals surface area contributed by atoms with Crippen molar-refractivity contribution in [3.8, 4) is 0 Å². The number of thioether (sulfide) groups is 1. The number of aryl methyl sites for hydroxylation is 1. The summed E-state index contributed by atoms with van der Waals surface area (Å²) in [5.41, 5.74) is 3.51. The number of benzene rings is 1. The highest BCUT2D eigenvalue weighted by Gasteiger charge is 2.20. The SMILES string of the molecule is Cc1cccc2[nH]c(CN(C)C3CCSC3)nc12. The molecule has 1 unspecified atom stereocenters. The first kappa shape index (κ1) is 12.1. The molecule has 3 rings (SSSR count). The molecule has 0 spiro atoms. The molecule has 3 nitrogen and oxygen atoms in total. The fourth-order valence-corrected chi connectivity index (χ4v) is 3.84. The van der Waals surface area contributed by atoms with E-state index in [1.807, 2.05) is 0 Å². The first-order chi connectivity index (χ1) is 8.74. The summed E-state index contributed by atoms with van der Waals surface area (Å²) in [6, 6.07) is 7.01. The number of H-pyrrole nitrogens is 1. The summed E-state index contributed by atoms with van der Waals surface area (Å²) in [6.45, 7) is 3.03. The molecule has 1 aromatic carbocycles. The number of imidazole rings is 1. The van der Waals surface area contributed by atoms with Gasteiger partial charge in [-0.3, -0.25) is 4.90 Å². The van der Waals surface area contributed by atoms with Crippen LogP contribution in [0.25, 0.3) is 11.0 Å². The number of aromatic nitrogens is 2. The molecule has 0 aliphatic carbocycles. The van der Waals surface area contributed by atoms with Gasteiger partial charge in [0.1, 0.15) is 5.82 Å². The van der Waals surface area contributed by atoms with E-state index in [4.69, 9.17) is 4.98 Å². The molecule has 18 heavy (non-hydrogen) atoms. The van der Waals surface area contributed by atoms with Crippen molar-refractivity contribution in [2.75, 3.05) is 18.6 Å². The van der Waals surface area contributed by atoms with Crippen LogP contribution in [-0.4, -0.2) is 39.5 Å². The molecule has 1 saturated heterocycles. The second kappa shape index (κ2) is 4.94. The van der Waals surface area contributed by atoms with Crippen molar-refractivity contribution in [2.24, 2.45) is 0 Å². The summed E-state index contributed by atoms with van der Waals surface area (Å²) >= 11 is 2.06. The van der Waals surface area contributed by atoms with E-state index in [1.165, 1.54) is 23.5 Å². The second-order valence-corrected chi connectivity index (χ2v) is 6.24. The summed E-state index contributed by atoms with van der Waals surface area (Å²) in [5.74, 6) is 3.64. The average Bonchev–Trinajstić information content (AvgIpc) is 2.97. The van der Waals surface area contributed by atoms with Crippen LogP contribution >= 0.6 is 11.8 Å². The highest BCUT2D eigenvalue weighted by atomic mass is 32.2. The van der Waals surface area contributed by atoms with Crippen LogP contribution in [0.1, 0.15) is 17.8 Å². The number of hydrogen-bond donors (Lipinski definition) is 1. The maximum absolute atomic E-state index is 4.72. The van der Waals surface area contributed by atoms with E-state index in [0.717, 1.165) is 23.4 Å². The summed E-state index contributed by atoms with van der Waals surface area (Å²) in [7, 11) is 2.20. The van der Waals surface area contributed by atoms with E-state index in [9.17, 15) is 0 Å². The predicted octanol–water partition coefficient (Wildman–Crippen LogP) is 2.81. The van der Waals surface area contributed by atoms with Gasteiger partial charge in [0.15, 0.2) is 0 Å². The Morgan fingerprint density at radius 1 is 1.50 bits per heavy atom. The first-order valence-corrected chi connectivity index (χ1v) is 7.61. The van der Waals surface area contributed by atoms with Gasteiger partial charge >= 0.3 is 0 Å². The number of para-hydroxylation sites is 1. The van der Waals surface area contributed by atoms with Gasteiger partial charge in [-0.05, 0) is 37.8 Å². The zero-order valence-corrected chi connectivity index (χ0v) is 11.8. The highest BCUT2D eigenvalue weighted by Crippen LogP contribution is 2.23. The fourth-order valence-electron chi connectivity index (χ4n) is 2.54. The minimum absolute atomic E-state index is 0.712. The van der Waals surface area contributed by atoms with E-state index < -0.39 is 0 Å². The van der Waals surface area contributed by atoms with Crippen LogP contribution in [0.15, 0.2) is 18.2 Å². The Balaban J connectivity index is 1.80. The minimum atomic E-state index is 0.712. The lowest BCUT2D eigenvalue weighted by atomic mass is 10.2. The Bertz CT molecular complexity index is 543. The lowest BCUT2D eigenvalue weighted by Crippen LogP contribution is -2.31. The molecule has 1 fully saturated rings. The first-order valence-electron chi connectivity index (χ1n) is 6.46. The van der Waals surface area contributed by atoms with Crippen LogP contribution in [0.2, 0.25) is 0 Å². The van der Waals surface area contributed by atoms with Crippen molar-refractivity contribution >= 4 is 22.8 Å². The highest BCUT2D eigenvalue weighted by molar-refractivity contribution is 7.99. The Labute approximate surface area is 112 Å². The van der Waals surface area contributed by atoms with Gasteiger partial charge in [-0.25, -0.2) is 4.98 Å². The van der Waals surface area contributed by atoms with Gasteiger partial charge in [-0.15, -0.1) is 0 Å². The quantitative estimate of drug-likeness (QED) is 0.922. The van der Waals surface area contributed by atoms with E-state index in [0.29, 0.717) is 6.04 Å². The number of rotatable bonds is 3. The Hall–Kier alpha value is -1.00. The van der Waals surface area contributed by atoms with E-state index >= 15 is 0 Å². The normalized spacial score (nSPS) is 20.1. The monoisotopic (exact) mass is 261 g/mol. The van der Waals surface area contributed by atoms with E-state index in [2.05, 4.69) is 53.8 Å². The molecule has 1 aromatic heterocycles. The number of fused-ring (bicyclic) bond motifs is 1. The van der Waals surface area contributed by atoms with Crippen molar-refractivity contribution in [1.82, 2.24) is 14.9 Å². The molecule has 0 amide bonds. The molecule has 1 aliphatic heterocycles. The fraction of sp³-hybridized carbons (Fsp3) is 0.500. The smallest absolute Gasteiger partial charge is 0.121 e. The molecule has 1 atom stereocenters. The molecule has 96 valence electrons. The summed E-state index contributed by atoms with van der Waals surface area (Å²) in [6.07, 6.45) is 1.31. The van der Waals surface area contributed by atoms with Crippen molar-refractivity contribution in [3.05, 3.63) is 29.6 Å². The second-order valence-electron chi connectivity index (χ2n) is 5.09. The van der Waals surface area contributed by atoms with Crippen molar-refractivity contribution < 1.29 is 0 Å². The zero-order valence-electron chi connectivity index (χ0n) is 10.9. The molecule has 1 aliphatic rings. The summed E-state index contributed by atoms with van der Waals surface area (Å²) in [5, 5.41) is 0. The molecule has 2 aromatic rings. The summed E-state index contributed by atoms with van der Waals surface area (Å²) in [4.78, 5) is 10.6. The number of nitrogens with zero attached hydrogens (tertiary/aromatic N) is 2. The maximum Gasteiger partial charge on any atom is 0.121 e. The van der Waals surface area contributed by atoms with Crippen molar-refractivity contribution in [1.29, 1.82) is 0 Å². The molecule has 1 N–H and O–H groups in total.